The van der Waals surface area contributed by atoms with Gasteiger partial charge in [-0.05, 0) is 109 Å². The van der Waals surface area contributed by atoms with Crippen molar-refractivity contribution in [1.82, 2.24) is 10.2 Å². The molecule has 44 heavy (non-hydrogen) atoms. The van der Waals surface area contributed by atoms with Gasteiger partial charge in [-0.25, -0.2) is 14.7 Å². The third-order valence-corrected chi connectivity index (χ3v) is 9.26. The lowest BCUT2D eigenvalue weighted by Gasteiger charge is -2.29. The summed E-state index contributed by atoms with van der Waals surface area (Å²) in [6, 6.07) is 6.14. The van der Waals surface area contributed by atoms with Gasteiger partial charge in [0.2, 0.25) is 0 Å². The standard InChI is InChI=1S/C34H53N2O7P/c1-13-41-33(38)23(11)35-44(40,36-24(12)34(39)42-14-2)43-32-29(21(7)8)17-26(18-30(32)22(9)10)25-15-27(19(3)4)31(37)28(16-25)20(5)6/h15-24,37H,13-14H2,1-12H3,(H2,35,36,40)/t23-,24-/m0/s1. The second-order valence-corrected chi connectivity index (χ2v) is 14.3. The number of esters is 2. The van der Waals surface area contributed by atoms with E-state index in [0.29, 0.717) is 11.5 Å². The quantitative estimate of drug-likeness (QED) is 0.132. The van der Waals surface area contributed by atoms with E-state index >= 15 is 0 Å². The lowest BCUT2D eigenvalue weighted by Crippen LogP contribution is -2.43. The number of rotatable bonds is 15. The van der Waals surface area contributed by atoms with Gasteiger partial charge in [0.25, 0.3) is 0 Å². The Morgan fingerprint density at radius 3 is 1.27 bits per heavy atom. The van der Waals surface area contributed by atoms with Crippen LogP contribution in [0.25, 0.3) is 11.1 Å². The van der Waals surface area contributed by atoms with Crippen molar-refractivity contribution in [2.24, 2.45) is 0 Å². The fraction of sp³-hybridized carbons (Fsp3) is 0.588. The van der Waals surface area contributed by atoms with E-state index in [0.717, 1.165) is 33.4 Å². The van der Waals surface area contributed by atoms with E-state index in [9.17, 15) is 19.3 Å². The molecule has 2 aromatic rings. The third kappa shape index (κ3) is 9.32. The maximum Gasteiger partial charge on any atom is 0.391 e. The molecule has 0 bridgehead atoms. The Morgan fingerprint density at radius 1 is 0.659 bits per heavy atom. The van der Waals surface area contributed by atoms with E-state index in [1.165, 1.54) is 13.8 Å². The summed E-state index contributed by atoms with van der Waals surface area (Å²) in [5, 5.41) is 16.6. The highest BCUT2D eigenvalue weighted by atomic mass is 31.2. The van der Waals surface area contributed by atoms with E-state index in [-0.39, 0.29) is 36.9 Å². The molecule has 0 aliphatic rings. The Hall–Kier alpha value is -2.87. The van der Waals surface area contributed by atoms with E-state index in [1.807, 2.05) is 52.0 Å². The number of hydrogen-bond acceptors (Lipinski definition) is 7. The summed E-state index contributed by atoms with van der Waals surface area (Å²) in [5.74, 6) is -0.277. The normalized spacial score (nSPS) is 13.5. The van der Waals surface area contributed by atoms with E-state index < -0.39 is 31.7 Å². The Bertz CT molecular complexity index is 1270. The molecule has 0 radical (unpaired) electrons. The number of benzene rings is 2. The minimum absolute atomic E-state index is 0.0351. The zero-order chi connectivity index (χ0) is 33.5. The van der Waals surface area contributed by atoms with E-state index in [4.69, 9.17) is 14.0 Å². The van der Waals surface area contributed by atoms with Crippen LogP contribution in [0.3, 0.4) is 0 Å². The molecule has 10 heteroatoms. The average Bonchev–Trinajstić information content (AvgIpc) is 2.92. The highest BCUT2D eigenvalue weighted by Gasteiger charge is 2.36. The van der Waals surface area contributed by atoms with Crippen LogP contribution in [-0.4, -0.2) is 42.3 Å². The Morgan fingerprint density at radius 2 is 0.977 bits per heavy atom. The van der Waals surface area contributed by atoms with Crippen molar-refractivity contribution < 1.29 is 33.3 Å². The van der Waals surface area contributed by atoms with Crippen molar-refractivity contribution >= 4 is 19.6 Å². The van der Waals surface area contributed by atoms with Gasteiger partial charge in [-0.1, -0.05) is 55.4 Å². The second-order valence-electron chi connectivity index (χ2n) is 12.5. The lowest BCUT2D eigenvalue weighted by atomic mass is 9.86. The second kappa shape index (κ2) is 15.9. The van der Waals surface area contributed by atoms with Gasteiger partial charge >= 0.3 is 19.6 Å². The van der Waals surface area contributed by atoms with Gasteiger partial charge in [0.1, 0.15) is 23.6 Å². The molecule has 0 amide bonds. The predicted molar refractivity (Wildman–Crippen MR) is 177 cm³/mol. The molecule has 0 spiro atoms. The van der Waals surface area contributed by atoms with Gasteiger partial charge in [0.15, 0.2) is 0 Å². The van der Waals surface area contributed by atoms with Gasteiger partial charge in [-0.15, -0.1) is 0 Å². The fourth-order valence-electron chi connectivity index (χ4n) is 4.90. The number of aromatic hydroxyl groups is 1. The van der Waals surface area contributed by atoms with Crippen LogP contribution in [-0.2, 0) is 23.6 Å². The molecule has 0 aliphatic carbocycles. The number of phenolic OH excluding ortho intramolecular Hbond substituents is 1. The summed E-state index contributed by atoms with van der Waals surface area (Å²) in [4.78, 5) is 25.0. The highest BCUT2D eigenvalue weighted by molar-refractivity contribution is 7.55. The predicted octanol–water partition coefficient (Wildman–Crippen LogP) is 8.12. The summed E-state index contributed by atoms with van der Waals surface area (Å²) < 4.78 is 31.2. The number of carbonyl (C=O) groups is 2. The van der Waals surface area contributed by atoms with E-state index in [2.05, 4.69) is 37.9 Å². The first kappa shape index (κ1) is 37.3. The molecule has 0 saturated carbocycles. The van der Waals surface area contributed by atoms with Crippen LogP contribution in [0.1, 0.15) is 129 Å². The molecule has 0 fully saturated rings. The first-order chi connectivity index (χ1) is 20.5. The number of ether oxygens (including phenoxy) is 2. The molecule has 2 rings (SSSR count). The Balaban J connectivity index is 2.79. The number of phenols is 1. The molecule has 3 N–H and O–H groups in total. The van der Waals surface area contributed by atoms with Crippen LogP contribution in [0.2, 0.25) is 0 Å². The minimum Gasteiger partial charge on any atom is -0.507 e. The van der Waals surface area contributed by atoms with Gasteiger partial charge in [-0.2, -0.15) is 0 Å². The minimum atomic E-state index is -4.11. The maximum atomic E-state index is 14.5. The SMILES string of the molecule is CCOC(=O)[C@H](C)NP(=O)(N[C@@H](C)C(=O)OCC)Oc1c(C(C)C)cc(-c2cc(C(C)C)c(O)c(C(C)C)c2)cc1C(C)C. The zero-order valence-electron chi connectivity index (χ0n) is 28.5. The first-order valence-electron chi connectivity index (χ1n) is 15.7. The average molecular weight is 633 g/mol. The largest absolute Gasteiger partial charge is 0.507 e. The number of nitrogens with one attached hydrogen (secondary N) is 2. The summed E-state index contributed by atoms with van der Waals surface area (Å²) in [5.41, 5.74) is 5.30. The molecular weight excluding hydrogens is 579 g/mol. The molecule has 2 atom stereocenters. The van der Waals surface area contributed by atoms with Crippen LogP contribution in [0.4, 0.5) is 0 Å². The Kier molecular flexibility index (Phi) is 13.5. The zero-order valence-corrected chi connectivity index (χ0v) is 29.4. The van der Waals surface area contributed by atoms with Crippen molar-refractivity contribution in [1.29, 1.82) is 0 Å². The molecule has 246 valence electrons. The van der Waals surface area contributed by atoms with Gasteiger partial charge in [0, 0.05) is 0 Å². The van der Waals surface area contributed by atoms with Gasteiger partial charge in [-0.3, -0.25) is 9.59 Å². The molecule has 0 unspecified atom stereocenters. The van der Waals surface area contributed by atoms with Crippen molar-refractivity contribution in [3.05, 3.63) is 46.5 Å². The topological polar surface area (TPSA) is 123 Å². The smallest absolute Gasteiger partial charge is 0.391 e. The van der Waals surface area contributed by atoms with Crippen molar-refractivity contribution in [3.63, 3.8) is 0 Å². The van der Waals surface area contributed by atoms with Gasteiger partial charge in [0.05, 0.1) is 13.2 Å². The fourth-order valence-corrected chi connectivity index (χ4v) is 6.78. The van der Waals surface area contributed by atoms with Crippen LogP contribution in [0.15, 0.2) is 24.3 Å². The number of hydrogen-bond donors (Lipinski definition) is 3. The van der Waals surface area contributed by atoms with Crippen molar-refractivity contribution in [3.8, 4) is 22.6 Å². The first-order valence-corrected chi connectivity index (χ1v) is 17.3. The summed E-state index contributed by atoms with van der Waals surface area (Å²) in [7, 11) is -4.11. The molecular formula is C34H53N2O7P. The van der Waals surface area contributed by atoms with Crippen molar-refractivity contribution in [2.45, 2.75) is 119 Å². The summed E-state index contributed by atoms with van der Waals surface area (Å²) in [6.07, 6.45) is 0. The van der Waals surface area contributed by atoms with Crippen LogP contribution < -0.4 is 14.7 Å². The molecule has 0 aliphatic heterocycles. The summed E-state index contributed by atoms with van der Waals surface area (Å²) >= 11 is 0. The molecule has 2 aromatic carbocycles. The lowest BCUT2D eigenvalue weighted by molar-refractivity contribution is -0.145. The molecule has 0 aromatic heterocycles. The molecule has 0 heterocycles. The van der Waals surface area contributed by atoms with Gasteiger partial charge < -0.3 is 19.1 Å². The summed E-state index contributed by atoms with van der Waals surface area (Å²) in [6.45, 7) is 23.1. The number of carbonyl (C=O) groups excluding carboxylic acids is 2. The van der Waals surface area contributed by atoms with Crippen LogP contribution >= 0.6 is 7.67 Å². The third-order valence-electron chi connectivity index (χ3n) is 7.36. The van der Waals surface area contributed by atoms with Crippen LogP contribution in [0.5, 0.6) is 11.5 Å². The van der Waals surface area contributed by atoms with Crippen molar-refractivity contribution in [2.75, 3.05) is 13.2 Å². The van der Waals surface area contributed by atoms with E-state index in [1.54, 1.807) is 13.8 Å². The van der Waals surface area contributed by atoms with Crippen LogP contribution in [0, 0.1) is 0 Å². The molecule has 0 saturated heterocycles. The monoisotopic (exact) mass is 632 g/mol. The maximum absolute atomic E-state index is 14.5. The Labute approximate surface area is 264 Å². The highest BCUT2D eigenvalue weighted by Crippen LogP contribution is 2.48. The molecule has 9 nitrogen and oxygen atoms in total.